The van der Waals surface area contributed by atoms with Crippen LogP contribution in [0.25, 0.3) is 11.1 Å². The van der Waals surface area contributed by atoms with E-state index in [2.05, 4.69) is 166 Å². The summed E-state index contributed by atoms with van der Waals surface area (Å²) >= 11 is 0. The van der Waals surface area contributed by atoms with E-state index in [4.69, 9.17) is 18.9 Å². The molecule has 0 aliphatic rings. The molecular formula is C56H53N3O4. The summed E-state index contributed by atoms with van der Waals surface area (Å²) in [4.78, 5) is 7.14. The molecule has 0 saturated heterocycles. The van der Waals surface area contributed by atoms with E-state index in [0.717, 1.165) is 77.6 Å². The first kappa shape index (κ1) is 42.1. The zero-order valence-corrected chi connectivity index (χ0v) is 36.4. The van der Waals surface area contributed by atoms with Crippen LogP contribution in [0.1, 0.15) is 22.3 Å². The number of anilines is 5. The van der Waals surface area contributed by atoms with Crippen LogP contribution in [-0.2, 0) is 26.2 Å². The van der Waals surface area contributed by atoms with E-state index in [-0.39, 0.29) is 0 Å². The lowest BCUT2D eigenvalue weighted by Crippen LogP contribution is -2.22. The highest BCUT2D eigenvalue weighted by Crippen LogP contribution is 2.38. The van der Waals surface area contributed by atoms with Crippen LogP contribution < -0.4 is 33.6 Å². The molecule has 7 nitrogen and oxygen atoms in total. The first-order chi connectivity index (χ1) is 31.0. The van der Waals surface area contributed by atoms with Crippen molar-refractivity contribution in [3.8, 4) is 34.1 Å². The summed E-state index contributed by atoms with van der Waals surface area (Å²) in [5.41, 5.74) is 12.6. The zero-order valence-electron chi connectivity index (χ0n) is 36.4. The van der Waals surface area contributed by atoms with Crippen LogP contribution >= 0.6 is 0 Å². The third kappa shape index (κ3) is 10.6. The molecule has 0 bridgehead atoms. The summed E-state index contributed by atoms with van der Waals surface area (Å²) in [5, 5.41) is 0. The van der Waals surface area contributed by atoms with E-state index in [1.54, 1.807) is 28.4 Å². The highest BCUT2D eigenvalue weighted by atomic mass is 16.5. The van der Waals surface area contributed by atoms with Crippen molar-refractivity contribution >= 4 is 28.4 Å². The Kier molecular flexibility index (Phi) is 13.5. The van der Waals surface area contributed by atoms with Gasteiger partial charge in [-0.15, -0.1) is 0 Å². The molecule has 0 N–H and O–H groups in total. The Morgan fingerprint density at radius 3 is 0.810 bits per heavy atom. The monoisotopic (exact) mass is 831 g/mol. The number of methoxy groups -OCH3 is 4. The Balaban J connectivity index is 1.13. The molecule has 0 unspecified atom stereocenters. The minimum absolute atomic E-state index is 0.727. The van der Waals surface area contributed by atoms with Gasteiger partial charge in [-0.2, -0.15) is 0 Å². The van der Waals surface area contributed by atoms with E-state index in [0.29, 0.717) is 0 Å². The summed E-state index contributed by atoms with van der Waals surface area (Å²) < 4.78 is 21.8. The number of ether oxygens (including phenoxy) is 4. The number of hydrogen-bond donors (Lipinski definition) is 0. The predicted molar refractivity (Wildman–Crippen MR) is 258 cm³/mol. The van der Waals surface area contributed by atoms with Crippen LogP contribution in [0.4, 0.5) is 28.4 Å². The minimum Gasteiger partial charge on any atom is -0.497 e. The lowest BCUT2D eigenvalue weighted by atomic mass is 10.0. The molecule has 0 aliphatic carbocycles. The molecule has 0 aliphatic heterocycles. The molecule has 0 saturated carbocycles. The molecule has 0 radical (unpaired) electrons. The maximum atomic E-state index is 5.45. The fraction of sp³-hybridized carbons (Fsp3) is 0.143. The molecule has 0 heterocycles. The quantitative estimate of drug-likeness (QED) is 0.0853. The van der Waals surface area contributed by atoms with Crippen molar-refractivity contribution < 1.29 is 18.9 Å². The summed E-state index contributed by atoms with van der Waals surface area (Å²) in [6.45, 7) is 2.91. The standard InChI is InChI=1S/C56H53N3O4/c1-60-53-30-10-42(11-31-53)38-57(39-43-12-32-54(61-2)33-13-43)48-22-26-51(27-23-48)59(50-20-18-47(19-21-50)46-8-6-5-7-9-46)52-28-24-49(25-29-52)58(40-44-14-34-55(62-3)35-15-44)41-45-16-36-56(63-4)37-17-45/h5-37H,38-41H2,1-4H3. The highest BCUT2D eigenvalue weighted by Gasteiger charge is 2.17. The predicted octanol–water partition coefficient (Wildman–Crippen LogP) is 13.3. The Bertz CT molecular complexity index is 2370. The SMILES string of the molecule is COc1ccc(CN(Cc2ccc(OC)cc2)c2ccc(N(c3ccc(-c4ccccc4)cc3)c3ccc(N(Cc4ccc(OC)cc4)Cc4ccc(OC)cc4)cc3)cc2)cc1. The normalized spacial score (nSPS) is 10.8. The van der Waals surface area contributed by atoms with Crippen molar-refractivity contribution in [3.63, 3.8) is 0 Å². The maximum absolute atomic E-state index is 5.45. The number of benzene rings is 8. The maximum Gasteiger partial charge on any atom is 0.118 e. The highest BCUT2D eigenvalue weighted by molar-refractivity contribution is 5.80. The summed E-state index contributed by atoms with van der Waals surface area (Å²) in [6, 6.07) is 70.4. The Morgan fingerprint density at radius 2 is 0.524 bits per heavy atom. The van der Waals surface area contributed by atoms with Crippen molar-refractivity contribution in [2.24, 2.45) is 0 Å². The fourth-order valence-electron chi connectivity index (χ4n) is 7.79. The van der Waals surface area contributed by atoms with Gasteiger partial charge in [0.1, 0.15) is 23.0 Å². The first-order valence-corrected chi connectivity index (χ1v) is 21.2. The van der Waals surface area contributed by atoms with E-state index in [9.17, 15) is 0 Å². The van der Waals surface area contributed by atoms with Gasteiger partial charge in [-0.3, -0.25) is 0 Å². The molecule has 0 fully saturated rings. The van der Waals surface area contributed by atoms with Gasteiger partial charge in [0.25, 0.3) is 0 Å². The van der Waals surface area contributed by atoms with Gasteiger partial charge in [-0.25, -0.2) is 0 Å². The number of rotatable bonds is 18. The van der Waals surface area contributed by atoms with Crippen LogP contribution in [0.2, 0.25) is 0 Å². The van der Waals surface area contributed by atoms with Crippen molar-refractivity contribution in [2.75, 3.05) is 43.1 Å². The van der Waals surface area contributed by atoms with E-state index in [1.165, 1.54) is 33.4 Å². The van der Waals surface area contributed by atoms with E-state index < -0.39 is 0 Å². The second-order valence-corrected chi connectivity index (χ2v) is 15.4. The van der Waals surface area contributed by atoms with Gasteiger partial charge in [-0.1, -0.05) is 91.0 Å². The van der Waals surface area contributed by atoms with Crippen molar-refractivity contribution in [1.29, 1.82) is 0 Å². The summed E-state index contributed by atoms with van der Waals surface area (Å²) in [6.07, 6.45) is 0. The molecule has 0 amide bonds. The Labute approximate surface area is 371 Å². The molecule has 8 rings (SSSR count). The molecule has 63 heavy (non-hydrogen) atoms. The van der Waals surface area contributed by atoms with Crippen LogP contribution in [0.3, 0.4) is 0 Å². The average Bonchev–Trinajstić information content (AvgIpc) is 3.35. The largest absolute Gasteiger partial charge is 0.497 e. The van der Waals surface area contributed by atoms with Gasteiger partial charge in [0.2, 0.25) is 0 Å². The third-order valence-corrected chi connectivity index (χ3v) is 11.3. The third-order valence-electron chi connectivity index (χ3n) is 11.3. The Hall–Kier alpha value is -7.64. The van der Waals surface area contributed by atoms with Gasteiger partial charge < -0.3 is 33.6 Å². The minimum atomic E-state index is 0.727. The molecular weight excluding hydrogens is 779 g/mol. The summed E-state index contributed by atoms with van der Waals surface area (Å²) in [7, 11) is 6.80. The number of nitrogens with zero attached hydrogens (tertiary/aromatic N) is 3. The average molecular weight is 832 g/mol. The van der Waals surface area contributed by atoms with Gasteiger partial charge in [-0.05, 0) is 143 Å². The topological polar surface area (TPSA) is 46.6 Å². The van der Waals surface area contributed by atoms with Crippen molar-refractivity contribution in [2.45, 2.75) is 26.2 Å². The van der Waals surface area contributed by atoms with Gasteiger partial charge >= 0.3 is 0 Å². The van der Waals surface area contributed by atoms with Gasteiger partial charge in [0.05, 0.1) is 28.4 Å². The Morgan fingerprint density at radius 1 is 0.270 bits per heavy atom. The second kappa shape index (κ2) is 20.3. The molecule has 316 valence electrons. The van der Waals surface area contributed by atoms with Gasteiger partial charge in [0.15, 0.2) is 0 Å². The summed E-state index contributed by atoms with van der Waals surface area (Å²) in [5.74, 6) is 3.38. The lowest BCUT2D eigenvalue weighted by molar-refractivity contribution is 0.414. The van der Waals surface area contributed by atoms with Crippen molar-refractivity contribution in [1.82, 2.24) is 0 Å². The van der Waals surface area contributed by atoms with Crippen LogP contribution in [0.5, 0.6) is 23.0 Å². The number of hydrogen-bond acceptors (Lipinski definition) is 7. The smallest absolute Gasteiger partial charge is 0.118 e. The molecule has 0 aromatic heterocycles. The molecule has 7 heteroatoms. The molecule has 0 spiro atoms. The van der Waals surface area contributed by atoms with Gasteiger partial charge in [0, 0.05) is 54.6 Å². The second-order valence-electron chi connectivity index (χ2n) is 15.4. The van der Waals surface area contributed by atoms with E-state index in [1.807, 2.05) is 48.5 Å². The fourth-order valence-corrected chi connectivity index (χ4v) is 7.79. The molecule has 8 aromatic carbocycles. The van der Waals surface area contributed by atoms with Crippen LogP contribution in [-0.4, -0.2) is 28.4 Å². The van der Waals surface area contributed by atoms with Crippen molar-refractivity contribution in [3.05, 3.63) is 222 Å². The van der Waals surface area contributed by atoms with Crippen LogP contribution in [0.15, 0.2) is 200 Å². The molecule has 8 aromatic rings. The van der Waals surface area contributed by atoms with E-state index >= 15 is 0 Å². The molecule has 0 atom stereocenters. The lowest BCUT2D eigenvalue weighted by Gasteiger charge is -2.29. The first-order valence-electron chi connectivity index (χ1n) is 21.2. The van der Waals surface area contributed by atoms with Crippen LogP contribution in [0, 0.1) is 0 Å². The zero-order chi connectivity index (χ0) is 43.4.